The second-order valence-electron chi connectivity index (χ2n) is 4.23. The predicted molar refractivity (Wildman–Crippen MR) is 81.7 cm³/mol. The number of hydrogen-bond donors (Lipinski definition) is 2. The van der Waals surface area contributed by atoms with Gasteiger partial charge in [0.25, 0.3) is 0 Å². The molecule has 1 aromatic carbocycles. The number of para-hydroxylation sites is 1. The fourth-order valence-electron chi connectivity index (χ4n) is 1.63. The highest BCUT2D eigenvalue weighted by Gasteiger charge is 2.13. The van der Waals surface area contributed by atoms with Gasteiger partial charge >= 0.3 is 12.0 Å². The third-order valence-corrected chi connectivity index (χ3v) is 3.75. The molecular weight excluding hydrogens is 290 g/mol. The Balaban J connectivity index is 1.98. The second-order valence-corrected chi connectivity index (χ2v) is 5.31. The average Bonchev–Trinajstić information content (AvgIpc) is 2.79. The number of carbonyl (C=O) groups is 2. The van der Waals surface area contributed by atoms with Gasteiger partial charge in [-0.25, -0.2) is 9.78 Å². The van der Waals surface area contributed by atoms with Gasteiger partial charge in [0.2, 0.25) is 0 Å². The van der Waals surface area contributed by atoms with Crippen LogP contribution in [0, 0.1) is 6.92 Å². The highest BCUT2D eigenvalue weighted by atomic mass is 32.1. The van der Waals surface area contributed by atoms with Gasteiger partial charge in [-0.05, 0) is 19.1 Å². The molecule has 0 unspecified atom stereocenters. The number of carbonyl (C=O) groups excluding carboxylic acids is 2. The van der Waals surface area contributed by atoms with E-state index in [0.717, 1.165) is 4.88 Å². The van der Waals surface area contributed by atoms with Crippen molar-refractivity contribution in [3.63, 3.8) is 0 Å². The van der Waals surface area contributed by atoms with Crippen LogP contribution in [0.2, 0.25) is 0 Å². The summed E-state index contributed by atoms with van der Waals surface area (Å²) in [6.07, 6.45) is 0.155. The van der Waals surface area contributed by atoms with Crippen molar-refractivity contribution >= 4 is 34.2 Å². The van der Waals surface area contributed by atoms with Gasteiger partial charge in [0.05, 0.1) is 19.2 Å². The molecule has 0 fully saturated rings. The lowest BCUT2D eigenvalue weighted by atomic mass is 10.3. The van der Waals surface area contributed by atoms with E-state index in [-0.39, 0.29) is 18.4 Å². The molecule has 7 heteroatoms. The molecule has 0 atom stereocenters. The Hall–Kier alpha value is -2.41. The molecule has 0 saturated carbocycles. The first-order valence-electron chi connectivity index (χ1n) is 6.24. The average molecular weight is 305 g/mol. The number of amides is 2. The fraction of sp³-hybridized carbons (Fsp3) is 0.214. The summed E-state index contributed by atoms with van der Waals surface area (Å²) in [5.74, 6) is -0.331. The Labute approximate surface area is 126 Å². The van der Waals surface area contributed by atoms with Crippen LogP contribution >= 0.6 is 11.3 Å². The maximum absolute atomic E-state index is 11.8. The molecule has 21 heavy (non-hydrogen) atoms. The van der Waals surface area contributed by atoms with Crippen LogP contribution in [-0.2, 0) is 16.0 Å². The molecule has 2 N–H and O–H groups in total. The molecule has 0 spiro atoms. The van der Waals surface area contributed by atoms with E-state index in [4.69, 9.17) is 0 Å². The Morgan fingerprint density at radius 3 is 2.62 bits per heavy atom. The van der Waals surface area contributed by atoms with Crippen molar-refractivity contribution in [2.75, 3.05) is 17.7 Å². The third-order valence-electron chi connectivity index (χ3n) is 2.68. The molecule has 1 aromatic heterocycles. The lowest BCUT2D eigenvalue weighted by Crippen LogP contribution is -2.19. The molecule has 1 heterocycles. The summed E-state index contributed by atoms with van der Waals surface area (Å²) in [6, 6.07) is 8.73. The lowest BCUT2D eigenvalue weighted by Gasteiger charge is -2.04. The highest BCUT2D eigenvalue weighted by Crippen LogP contribution is 2.23. The minimum atomic E-state index is -0.375. The van der Waals surface area contributed by atoms with Crippen molar-refractivity contribution in [1.82, 2.24) is 4.98 Å². The molecule has 2 aromatic rings. The van der Waals surface area contributed by atoms with Crippen LogP contribution in [0.4, 0.5) is 15.6 Å². The minimum absolute atomic E-state index is 0.155. The number of aryl methyl sites for hydroxylation is 1. The van der Waals surface area contributed by atoms with Gasteiger partial charge in [0.1, 0.15) is 0 Å². The van der Waals surface area contributed by atoms with Crippen molar-refractivity contribution < 1.29 is 14.3 Å². The van der Waals surface area contributed by atoms with Crippen molar-refractivity contribution in [3.05, 3.63) is 40.9 Å². The summed E-state index contributed by atoms with van der Waals surface area (Å²) in [6.45, 7) is 1.79. The first-order chi connectivity index (χ1) is 10.1. The van der Waals surface area contributed by atoms with Gasteiger partial charge in [-0.15, -0.1) is 11.3 Å². The molecule has 0 aliphatic heterocycles. The zero-order valence-electron chi connectivity index (χ0n) is 11.7. The van der Waals surface area contributed by atoms with Crippen LogP contribution in [0.15, 0.2) is 30.3 Å². The molecule has 2 rings (SSSR count). The molecule has 2 amide bonds. The molecule has 0 radical (unpaired) electrons. The largest absolute Gasteiger partial charge is 0.469 e. The third kappa shape index (κ3) is 4.28. The number of benzene rings is 1. The normalized spacial score (nSPS) is 10.0. The van der Waals surface area contributed by atoms with Gasteiger partial charge in [-0.1, -0.05) is 18.2 Å². The minimum Gasteiger partial charge on any atom is -0.469 e. The van der Waals surface area contributed by atoms with Gasteiger partial charge in [0, 0.05) is 10.6 Å². The number of hydrogen-bond acceptors (Lipinski definition) is 5. The molecule has 0 aliphatic carbocycles. The van der Waals surface area contributed by atoms with Crippen LogP contribution in [0.25, 0.3) is 0 Å². The number of methoxy groups -OCH3 is 1. The maximum atomic E-state index is 11.8. The number of rotatable bonds is 4. The number of ether oxygens (including phenoxy) is 1. The summed E-state index contributed by atoms with van der Waals surface area (Å²) in [7, 11) is 1.34. The topological polar surface area (TPSA) is 80.3 Å². The molecule has 110 valence electrons. The Morgan fingerprint density at radius 1 is 1.24 bits per heavy atom. The number of aromatic nitrogens is 1. The predicted octanol–water partition coefficient (Wildman–Crippen LogP) is 2.81. The zero-order chi connectivity index (χ0) is 15.2. The van der Waals surface area contributed by atoms with Crippen molar-refractivity contribution in [2.45, 2.75) is 13.3 Å². The smallest absolute Gasteiger partial charge is 0.325 e. The number of nitrogens with zero attached hydrogens (tertiary/aromatic N) is 1. The monoisotopic (exact) mass is 305 g/mol. The quantitative estimate of drug-likeness (QED) is 0.851. The molecule has 0 aliphatic rings. The summed E-state index contributed by atoms with van der Waals surface area (Å²) >= 11 is 1.26. The summed E-state index contributed by atoms with van der Waals surface area (Å²) < 4.78 is 4.62. The Bertz CT molecular complexity index is 640. The van der Waals surface area contributed by atoms with E-state index in [9.17, 15) is 9.59 Å². The fourth-order valence-corrected chi connectivity index (χ4v) is 2.57. The summed E-state index contributed by atoms with van der Waals surface area (Å²) in [4.78, 5) is 28.1. The van der Waals surface area contributed by atoms with E-state index >= 15 is 0 Å². The standard InChI is InChI=1S/C14H15N3O3S/c1-9-11(8-12(18)20-2)21-14(15-9)17-13(19)16-10-6-4-3-5-7-10/h3-7H,8H2,1-2H3,(H2,15,16,17,19). The zero-order valence-corrected chi connectivity index (χ0v) is 12.5. The van der Waals surface area contributed by atoms with Gasteiger partial charge in [-0.3, -0.25) is 10.1 Å². The number of nitrogens with one attached hydrogen (secondary N) is 2. The molecule has 0 saturated heterocycles. The highest BCUT2D eigenvalue weighted by molar-refractivity contribution is 7.16. The van der Waals surface area contributed by atoms with Crippen LogP contribution in [0.5, 0.6) is 0 Å². The number of urea groups is 1. The Kier molecular flexibility index (Phi) is 4.89. The summed E-state index contributed by atoms with van der Waals surface area (Å²) in [5.41, 5.74) is 1.40. The number of thiazole rings is 1. The van der Waals surface area contributed by atoms with Crippen LogP contribution in [0.1, 0.15) is 10.6 Å². The van der Waals surface area contributed by atoms with Gasteiger partial charge in [0.15, 0.2) is 5.13 Å². The van der Waals surface area contributed by atoms with Crippen LogP contribution in [0.3, 0.4) is 0 Å². The lowest BCUT2D eigenvalue weighted by molar-refractivity contribution is -0.139. The van der Waals surface area contributed by atoms with Crippen molar-refractivity contribution in [2.24, 2.45) is 0 Å². The second kappa shape index (κ2) is 6.85. The number of anilines is 2. The van der Waals surface area contributed by atoms with E-state index in [1.54, 1.807) is 19.1 Å². The first-order valence-corrected chi connectivity index (χ1v) is 7.06. The van der Waals surface area contributed by atoms with Crippen LogP contribution in [-0.4, -0.2) is 24.1 Å². The van der Waals surface area contributed by atoms with Gasteiger partial charge in [-0.2, -0.15) is 0 Å². The molecule has 6 nitrogen and oxygen atoms in total. The van der Waals surface area contributed by atoms with Crippen molar-refractivity contribution in [3.8, 4) is 0 Å². The van der Waals surface area contributed by atoms with E-state index in [0.29, 0.717) is 16.5 Å². The SMILES string of the molecule is COC(=O)Cc1sc(NC(=O)Nc2ccccc2)nc1C. The first kappa shape index (κ1) is 15.0. The molecular formula is C14H15N3O3S. The number of esters is 1. The van der Waals surface area contributed by atoms with E-state index in [1.807, 2.05) is 18.2 Å². The summed E-state index contributed by atoms with van der Waals surface area (Å²) in [5, 5.41) is 5.79. The van der Waals surface area contributed by atoms with E-state index in [2.05, 4.69) is 20.4 Å². The molecule has 0 bridgehead atoms. The Morgan fingerprint density at radius 2 is 1.95 bits per heavy atom. The van der Waals surface area contributed by atoms with Crippen molar-refractivity contribution in [1.29, 1.82) is 0 Å². The van der Waals surface area contributed by atoms with Crippen LogP contribution < -0.4 is 10.6 Å². The van der Waals surface area contributed by atoms with Gasteiger partial charge < -0.3 is 10.1 Å². The van der Waals surface area contributed by atoms with E-state index < -0.39 is 0 Å². The maximum Gasteiger partial charge on any atom is 0.325 e. The van der Waals surface area contributed by atoms with E-state index in [1.165, 1.54) is 18.4 Å².